The number of aryl methyl sites for hydroxylation is 1. The van der Waals surface area contributed by atoms with Crippen molar-refractivity contribution in [1.29, 1.82) is 0 Å². The lowest BCUT2D eigenvalue weighted by Gasteiger charge is -2.11. The fourth-order valence-corrected chi connectivity index (χ4v) is 3.24. The number of rotatable bonds is 3. The Hall–Kier alpha value is -4.01. The van der Waals surface area contributed by atoms with Gasteiger partial charge in [-0.3, -0.25) is 0 Å². The number of anilines is 3. The van der Waals surface area contributed by atoms with E-state index in [1.54, 1.807) is 24.3 Å². The second-order valence-electron chi connectivity index (χ2n) is 6.94. The Morgan fingerprint density at radius 2 is 1.71 bits per heavy atom. The largest absolute Gasteiger partial charge is 0.416 e. The van der Waals surface area contributed by atoms with Crippen LogP contribution in [0.25, 0.3) is 22.0 Å². The molecule has 0 saturated heterocycles. The van der Waals surface area contributed by atoms with E-state index < -0.39 is 17.8 Å². The zero-order valence-corrected chi connectivity index (χ0v) is 16.2. The molecule has 2 amide bonds. The van der Waals surface area contributed by atoms with E-state index in [1.165, 1.54) is 12.1 Å². The van der Waals surface area contributed by atoms with Crippen LogP contribution in [0.5, 0.6) is 0 Å². The number of benzene rings is 3. The number of carbonyl (C=O) groups excluding carboxylic acids is 1. The van der Waals surface area contributed by atoms with Crippen LogP contribution in [0, 0.1) is 6.92 Å². The highest BCUT2D eigenvalue weighted by Gasteiger charge is 2.30. The minimum absolute atomic E-state index is 0.0360. The van der Waals surface area contributed by atoms with Crippen molar-refractivity contribution in [2.75, 3.05) is 16.4 Å². The molecule has 0 aliphatic carbocycles. The topological polar surface area (TPSA) is 93.2 Å². The average molecular weight is 426 g/mol. The van der Waals surface area contributed by atoms with E-state index in [9.17, 15) is 18.0 Å². The molecule has 0 aliphatic rings. The third-order valence-corrected chi connectivity index (χ3v) is 4.76. The molecule has 4 rings (SSSR count). The molecule has 0 bridgehead atoms. The van der Waals surface area contributed by atoms with Gasteiger partial charge in [-0.1, -0.05) is 35.5 Å². The highest BCUT2D eigenvalue weighted by Crippen LogP contribution is 2.35. The standard InChI is InChI=1S/C22H17F3N4O2/c1-12-5-10-17(18-19(12)29-31-20(18)26)13-6-8-15(9-7-13)27-21(30)28-16-4-2-3-14(11-16)22(23,24)25/h2-11H,26H2,1H3,(H2,27,28,30). The number of halogens is 3. The third kappa shape index (κ3) is 4.16. The van der Waals surface area contributed by atoms with Gasteiger partial charge in [0.2, 0.25) is 5.88 Å². The lowest BCUT2D eigenvalue weighted by molar-refractivity contribution is -0.137. The molecule has 158 valence electrons. The van der Waals surface area contributed by atoms with Gasteiger partial charge in [0.15, 0.2) is 0 Å². The maximum atomic E-state index is 12.8. The van der Waals surface area contributed by atoms with Crippen molar-refractivity contribution in [3.05, 3.63) is 71.8 Å². The molecule has 0 unspecified atom stereocenters. The summed E-state index contributed by atoms with van der Waals surface area (Å²) in [5.74, 6) is 0.219. The molecule has 31 heavy (non-hydrogen) atoms. The van der Waals surface area contributed by atoms with Crippen molar-refractivity contribution in [3.63, 3.8) is 0 Å². The van der Waals surface area contributed by atoms with E-state index in [4.69, 9.17) is 10.3 Å². The highest BCUT2D eigenvalue weighted by molar-refractivity contribution is 6.03. The average Bonchev–Trinajstić information content (AvgIpc) is 3.11. The molecule has 9 heteroatoms. The first-order valence-electron chi connectivity index (χ1n) is 9.22. The first-order chi connectivity index (χ1) is 14.7. The monoisotopic (exact) mass is 426 g/mol. The molecule has 0 radical (unpaired) electrons. The van der Waals surface area contributed by atoms with Crippen molar-refractivity contribution in [2.45, 2.75) is 13.1 Å². The van der Waals surface area contributed by atoms with Crippen molar-refractivity contribution in [2.24, 2.45) is 0 Å². The van der Waals surface area contributed by atoms with Gasteiger partial charge >= 0.3 is 12.2 Å². The molecule has 1 aromatic heterocycles. The summed E-state index contributed by atoms with van der Waals surface area (Å²) in [4.78, 5) is 12.2. The van der Waals surface area contributed by atoms with E-state index in [0.29, 0.717) is 16.6 Å². The van der Waals surface area contributed by atoms with E-state index >= 15 is 0 Å². The summed E-state index contributed by atoms with van der Waals surface area (Å²) in [6.45, 7) is 1.91. The Balaban J connectivity index is 1.50. The third-order valence-electron chi connectivity index (χ3n) is 4.76. The van der Waals surface area contributed by atoms with Gasteiger partial charge in [-0.25, -0.2) is 4.79 Å². The van der Waals surface area contributed by atoms with Crippen molar-refractivity contribution in [1.82, 2.24) is 5.16 Å². The molecule has 4 N–H and O–H groups in total. The fourth-order valence-electron chi connectivity index (χ4n) is 3.24. The number of amides is 2. The molecule has 3 aromatic carbocycles. The van der Waals surface area contributed by atoms with Crippen LogP contribution >= 0.6 is 0 Å². The SMILES string of the molecule is Cc1ccc(-c2ccc(NC(=O)Nc3cccc(C(F)(F)F)c3)cc2)c2c(N)onc12. The normalized spacial score (nSPS) is 11.5. The number of aromatic nitrogens is 1. The quantitative estimate of drug-likeness (QED) is 0.372. The van der Waals surface area contributed by atoms with E-state index in [1.807, 2.05) is 19.1 Å². The summed E-state index contributed by atoms with van der Waals surface area (Å²) in [6.07, 6.45) is -4.49. The maximum absolute atomic E-state index is 12.8. The summed E-state index contributed by atoms with van der Waals surface area (Å²) in [6, 6.07) is 14.5. The van der Waals surface area contributed by atoms with Gasteiger partial charge in [0.25, 0.3) is 0 Å². The van der Waals surface area contributed by atoms with Crippen LogP contribution in [-0.4, -0.2) is 11.2 Å². The van der Waals surface area contributed by atoms with Crippen LogP contribution in [0.15, 0.2) is 65.2 Å². The molecular weight excluding hydrogens is 409 g/mol. The number of fused-ring (bicyclic) bond motifs is 1. The van der Waals surface area contributed by atoms with Crippen molar-refractivity contribution >= 4 is 34.2 Å². The minimum Gasteiger partial charge on any atom is -0.367 e. The second-order valence-corrected chi connectivity index (χ2v) is 6.94. The summed E-state index contributed by atoms with van der Waals surface area (Å²) in [5, 5.41) is 9.69. The number of carbonyl (C=O) groups is 1. The van der Waals surface area contributed by atoms with Crippen molar-refractivity contribution < 1.29 is 22.5 Å². The first kappa shape index (κ1) is 20.3. The van der Waals surface area contributed by atoms with Crippen LogP contribution in [0.4, 0.5) is 35.2 Å². The van der Waals surface area contributed by atoms with Gasteiger partial charge in [-0.2, -0.15) is 13.2 Å². The summed E-state index contributed by atoms with van der Waals surface area (Å²) < 4.78 is 43.5. The highest BCUT2D eigenvalue weighted by atomic mass is 19.4. The molecule has 0 atom stereocenters. The number of urea groups is 1. The number of alkyl halides is 3. The molecule has 0 aliphatic heterocycles. The van der Waals surface area contributed by atoms with Crippen LogP contribution in [0.2, 0.25) is 0 Å². The Kier molecular flexibility index (Phi) is 5.02. The van der Waals surface area contributed by atoms with E-state index in [-0.39, 0.29) is 11.6 Å². The number of nitrogen functional groups attached to an aromatic ring is 1. The molecule has 6 nitrogen and oxygen atoms in total. The Morgan fingerprint density at radius 1 is 1.00 bits per heavy atom. The van der Waals surface area contributed by atoms with Crippen LogP contribution in [0.1, 0.15) is 11.1 Å². The Bertz CT molecular complexity index is 1260. The van der Waals surface area contributed by atoms with Gasteiger partial charge in [0.05, 0.1) is 10.9 Å². The van der Waals surface area contributed by atoms with Crippen LogP contribution < -0.4 is 16.4 Å². The van der Waals surface area contributed by atoms with Crippen molar-refractivity contribution in [3.8, 4) is 11.1 Å². The number of hydrogen-bond donors (Lipinski definition) is 3. The van der Waals surface area contributed by atoms with E-state index in [0.717, 1.165) is 28.8 Å². The lowest BCUT2D eigenvalue weighted by Crippen LogP contribution is -2.19. The molecule has 4 aromatic rings. The van der Waals surface area contributed by atoms with Gasteiger partial charge < -0.3 is 20.9 Å². The summed E-state index contributed by atoms with van der Waals surface area (Å²) >= 11 is 0. The maximum Gasteiger partial charge on any atom is 0.416 e. The Morgan fingerprint density at radius 3 is 2.42 bits per heavy atom. The van der Waals surface area contributed by atoms with Gasteiger partial charge in [-0.15, -0.1) is 0 Å². The zero-order chi connectivity index (χ0) is 22.2. The summed E-state index contributed by atoms with van der Waals surface area (Å²) in [7, 11) is 0. The molecule has 0 spiro atoms. The number of nitrogens with zero attached hydrogens (tertiary/aromatic N) is 1. The van der Waals surface area contributed by atoms with E-state index in [2.05, 4.69) is 15.8 Å². The number of hydrogen-bond acceptors (Lipinski definition) is 4. The molecule has 0 saturated carbocycles. The van der Waals surface area contributed by atoms with Gasteiger partial charge in [0.1, 0.15) is 5.52 Å². The number of nitrogens with one attached hydrogen (secondary N) is 2. The Labute approximate surface area is 174 Å². The molecular formula is C22H17F3N4O2. The minimum atomic E-state index is -4.49. The first-order valence-corrected chi connectivity index (χ1v) is 9.22. The molecule has 0 fully saturated rings. The smallest absolute Gasteiger partial charge is 0.367 e. The summed E-state index contributed by atoms with van der Waals surface area (Å²) in [5.41, 5.74) is 8.87. The van der Waals surface area contributed by atoms with Gasteiger partial charge in [0, 0.05) is 11.4 Å². The lowest BCUT2D eigenvalue weighted by atomic mass is 9.99. The predicted octanol–water partition coefficient (Wildman–Crippen LogP) is 6.05. The fraction of sp³-hybridized carbons (Fsp3) is 0.0909. The zero-order valence-electron chi connectivity index (χ0n) is 16.2. The molecule has 1 heterocycles. The van der Waals surface area contributed by atoms with Gasteiger partial charge in [-0.05, 0) is 53.9 Å². The van der Waals surface area contributed by atoms with Crippen LogP contribution in [0.3, 0.4) is 0 Å². The van der Waals surface area contributed by atoms with Crippen LogP contribution in [-0.2, 0) is 6.18 Å². The second kappa shape index (κ2) is 7.67. The predicted molar refractivity (Wildman–Crippen MR) is 113 cm³/mol. The number of nitrogens with two attached hydrogens (primary N) is 1.